The molecule has 3 rings (SSSR count). The van der Waals surface area contributed by atoms with Gasteiger partial charge in [-0.3, -0.25) is 4.79 Å². The first kappa shape index (κ1) is 14.8. The van der Waals surface area contributed by atoms with Gasteiger partial charge in [0, 0.05) is 18.5 Å². The second-order valence-electron chi connectivity index (χ2n) is 5.01. The molecule has 3 heterocycles. The normalized spacial score (nSPS) is 13.8. The molecular weight excluding hydrogens is 296 g/mol. The Morgan fingerprint density at radius 2 is 2.17 bits per heavy atom. The van der Waals surface area contributed by atoms with Gasteiger partial charge in [-0.2, -0.15) is 5.26 Å². The summed E-state index contributed by atoms with van der Waals surface area (Å²) >= 11 is 0. The summed E-state index contributed by atoms with van der Waals surface area (Å²) in [5.74, 6) is 0.623. The van der Waals surface area contributed by atoms with Gasteiger partial charge in [0.15, 0.2) is 0 Å². The zero-order valence-corrected chi connectivity index (χ0v) is 12.5. The van der Waals surface area contributed by atoms with Gasteiger partial charge in [0.2, 0.25) is 11.8 Å². The molecule has 1 amide bonds. The predicted molar refractivity (Wildman–Crippen MR) is 80.1 cm³/mol. The van der Waals surface area contributed by atoms with E-state index in [1.54, 1.807) is 35.4 Å². The lowest BCUT2D eigenvalue weighted by Gasteiger charge is -2.38. The van der Waals surface area contributed by atoms with E-state index in [0.29, 0.717) is 36.0 Å². The van der Waals surface area contributed by atoms with Gasteiger partial charge < -0.3 is 14.4 Å². The topological polar surface area (TPSA) is 88.3 Å². The molecule has 0 aromatic carbocycles. The maximum atomic E-state index is 12.4. The van der Waals surface area contributed by atoms with Crippen molar-refractivity contribution in [3.05, 3.63) is 47.8 Å². The van der Waals surface area contributed by atoms with E-state index >= 15 is 0 Å². The predicted octanol–water partition coefficient (Wildman–Crippen LogP) is 1.26. The van der Waals surface area contributed by atoms with Crippen LogP contribution in [0, 0.1) is 11.3 Å². The molecule has 0 N–H and O–H groups in total. The number of hydrogen-bond donors (Lipinski definition) is 0. The number of carbonyl (C=O) groups excluding carboxylic acids is 1. The van der Waals surface area contributed by atoms with E-state index in [2.05, 4.69) is 9.97 Å². The highest BCUT2D eigenvalue weighted by molar-refractivity contribution is 5.96. The van der Waals surface area contributed by atoms with Gasteiger partial charge in [0.1, 0.15) is 17.7 Å². The summed E-state index contributed by atoms with van der Waals surface area (Å²) in [6, 6.07) is 8.67. The third-order valence-electron chi connectivity index (χ3n) is 3.48. The van der Waals surface area contributed by atoms with Crippen LogP contribution in [0.5, 0.6) is 11.8 Å². The second kappa shape index (κ2) is 6.32. The molecule has 23 heavy (non-hydrogen) atoms. The lowest BCUT2D eigenvalue weighted by Crippen LogP contribution is -2.56. The molecule has 1 aliphatic rings. The van der Waals surface area contributed by atoms with E-state index < -0.39 is 0 Å². The minimum atomic E-state index is -0.136. The van der Waals surface area contributed by atoms with E-state index in [4.69, 9.17) is 14.7 Å². The summed E-state index contributed by atoms with van der Waals surface area (Å²) in [6.45, 7) is 0.942. The number of rotatable bonds is 4. The summed E-state index contributed by atoms with van der Waals surface area (Å²) in [5.41, 5.74) is 0.913. The fourth-order valence-corrected chi connectivity index (χ4v) is 2.25. The van der Waals surface area contributed by atoms with Crippen LogP contribution in [0.3, 0.4) is 0 Å². The van der Waals surface area contributed by atoms with Crippen molar-refractivity contribution < 1.29 is 14.3 Å². The Labute approximate surface area is 133 Å². The number of pyridine rings is 2. The smallest absolute Gasteiger partial charge is 0.259 e. The first-order chi connectivity index (χ1) is 11.2. The standard InChI is InChI=1S/C16H14N4O3/c1-22-15-13(3-2-6-18-15)16(21)20-9-12(10-20)23-14-5-4-11(7-17)8-19-14/h2-6,8,12H,9-10H2,1H3. The molecule has 7 nitrogen and oxygen atoms in total. The Bertz CT molecular complexity index is 749. The van der Waals surface area contributed by atoms with Crippen LogP contribution in [0.15, 0.2) is 36.7 Å². The molecule has 0 atom stereocenters. The molecule has 2 aromatic rings. The van der Waals surface area contributed by atoms with Crippen molar-refractivity contribution in [3.63, 3.8) is 0 Å². The molecule has 0 saturated carbocycles. The van der Waals surface area contributed by atoms with E-state index in [-0.39, 0.29) is 12.0 Å². The third kappa shape index (κ3) is 3.06. The summed E-state index contributed by atoms with van der Waals surface area (Å²) in [6.07, 6.45) is 2.92. The Morgan fingerprint density at radius 3 is 2.83 bits per heavy atom. The highest BCUT2D eigenvalue weighted by atomic mass is 16.5. The van der Waals surface area contributed by atoms with Crippen molar-refractivity contribution in [1.29, 1.82) is 5.26 Å². The average Bonchev–Trinajstić information content (AvgIpc) is 2.57. The number of hydrogen-bond acceptors (Lipinski definition) is 6. The molecule has 1 saturated heterocycles. The Kier molecular flexibility index (Phi) is 4.06. The van der Waals surface area contributed by atoms with Crippen LogP contribution in [0.2, 0.25) is 0 Å². The fourth-order valence-electron chi connectivity index (χ4n) is 2.25. The molecule has 0 unspecified atom stereocenters. The number of methoxy groups -OCH3 is 1. The Morgan fingerprint density at radius 1 is 1.35 bits per heavy atom. The molecule has 0 spiro atoms. The van der Waals surface area contributed by atoms with E-state index in [1.165, 1.54) is 13.3 Å². The van der Waals surface area contributed by atoms with Crippen molar-refractivity contribution in [3.8, 4) is 17.8 Å². The van der Waals surface area contributed by atoms with Crippen molar-refractivity contribution >= 4 is 5.91 Å². The van der Waals surface area contributed by atoms with Gasteiger partial charge in [-0.15, -0.1) is 0 Å². The largest absolute Gasteiger partial charge is 0.480 e. The highest BCUT2D eigenvalue weighted by Crippen LogP contribution is 2.22. The van der Waals surface area contributed by atoms with Crippen LogP contribution in [0.25, 0.3) is 0 Å². The molecule has 0 bridgehead atoms. The average molecular weight is 310 g/mol. The quantitative estimate of drug-likeness (QED) is 0.844. The highest BCUT2D eigenvalue weighted by Gasteiger charge is 2.34. The number of nitriles is 1. The Balaban J connectivity index is 1.58. The third-order valence-corrected chi connectivity index (χ3v) is 3.48. The number of aromatic nitrogens is 2. The van der Waals surface area contributed by atoms with Gasteiger partial charge >= 0.3 is 0 Å². The lowest BCUT2D eigenvalue weighted by atomic mass is 10.1. The maximum Gasteiger partial charge on any atom is 0.259 e. The molecule has 116 valence electrons. The van der Waals surface area contributed by atoms with Gasteiger partial charge in [-0.25, -0.2) is 9.97 Å². The SMILES string of the molecule is COc1ncccc1C(=O)N1CC(Oc2ccc(C#N)cn2)C1. The lowest BCUT2D eigenvalue weighted by molar-refractivity contribution is 0.0157. The van der Waals surface area contributed by atoms with Crippen molar-refractivity contribution in [2.45, 2.75) is 6.10 Å². The number of ether oxygens (including phenoxy) is 2. The van der Waals surface area contributed by atoms with E-state index in [0.717, 1.165) is 0 Å². The molecule has 1 aliphatic heterocycles. The van der Waals surface area contributed by atoms with Crippen molar-refractivity contribution in [2.24, 2.45) is 0 Å². The fraction of sp³-hybridized carbons (Fsp3) is 0.250. The summed E-state index contributed by atoms with van der Waals surface area (Å²) in [4.78, 5) is 22.1. The summed E-state index contributed by atoms with van der Waals surface area (Å²) in [5, 5.41) is 8.72. The van der Waals surface area contributed by atoms with Gasteiger partial charge in [0.25, 0.3) is 5.91 Å². The number of carbonyl (C=O) groups is 1. The van der Waals surface area contributed by atoms with Crippen LogP contribution in [0.1, 0.15) is 15.9 Å². The number of amides is 1. The van der Waals surface area contributed by atoms with Crippen molar-refractivity contribution in [1.82, 2.24) is 14.9 Å². The van der Waals surface area contributed by atoms with Crippen LogP contribution in [-0.4, -0.2) is 47.1 Å². The van der Waals surface area contributed by atoms with Gasteiger partial charge in [-0.1, -0.05) is 0 Å². The maximum absolute atomic E-state index is 12.4. The van der Waals surface area contributed by atoms with Gasteiger partial charge in [-0.05, 0) is 18.2 Å². The minimum Gasteiger partial charge on any atom is -0.480 e. The monoisotopic (exact) mass is 310 g/mol. The first-order valence-electron chi connectivity index (χ1n) is 7.02. The summed E-state index contributed by atoms with van der Waals surface area (Å²) < 4.78 is 10.8. The number of nitrogens with zero attached hydrogens (tertiary/aromatic N) is 4. The zero-order valence-electron chi connectivity index (χ0n) is 12.5. The Hall–Kier alpha value is -3.14. The van der Waals surface area contributed by atoms with Crippen LogP contribution in [-0.2, 0) is 0 Å². The van der Waals surface area contributed by atoms with Gasteiger partial charge in [0.05, 0.1) is 25.8 Å². The summed E-state index contributed by atoms with van der Waals surface area (Å²) in [7, 11) is 1.48. The molecule has 2 aromatic heterocycles. The van der Waals surface area contributed by atoms with E-state index in [9.17, 15) is 4.79 Å². The number of likely N-dealkylation sites (tertiary alicyclic amines) is 1. The van der Waals surface area contributed by atoms with Crippen LogP contribution < -0.4 is 9.47 Å². The second-order valence-corrected chi connectivity index (χ2v) is 5.01. The van der Waals surface area contributed by atoms with E-state index in [1.807, 2.05) is 6.07 Å². The molecular formula is C16H14N4O3. The van der Waals surface area contributed by atoms with Crippen LogP contribution >= 0.6 is 0 Å². The molecule has 7 heteroatoms. The molecule has 0 aliphatic carbocycles. The zero-order chi connectivity index (χ0) is 16.2. The first-order valence-corrected chi connectivity index (χ1v) is 7.02. The molecule has 1 fully saturated rings. The minimum absolute atomic E-state index is 0.109. The van der Waals surface area contributed by atoms with Crippen molar-refractivity contribution in [2.75, 3.05) is 20.2 Å². The molecule has 0 radical (unpaired) electrons. The van der Waals surface area contributed by atoms with Crippen LogP contribution in [0.4, 0.5) is 0 Å².